The van der Waals surface area contributed by atoms with E-state index in [0.717, 1.165) is 44.9 Å². The predicted molar refractivity (Wildman–Crippen MR) is 90.8 cm³/mol. The molecule has 2 heterocycles. The largest absolute Gasteiger partial charge is 0.481 e. The highest BCUT2D eigenvalue weighted by atomic mass is 16.4. The van der Waals surface area contributed by atoms with Crippen molar-refractivity contribution in [3.8, 4) is 0 Å². The molecule has 3 aliphatic carbocycles. The van der Waals surface area contributed by atoms with Crippen molar-refractivity contribution in [1.29, 1.82) is 0 Å². The number of carboxylic acid groups (broad SMARTS) is 1. The second-order valence-corrected chi connectivity index (χ2v) is 7.86. The summed E-state index contributed by atoms with van der Waals surface area (Å²) in [5.74, 6) is 1.09. The third-order valence-corrected chi connectivity index (χ3v) is 6.75. The van der Waals surface area contributed by atoms with E-state index in [2.05, 4.69) is 36.5 Å². The Bertz CT molecular complexity index is 603. The fourth-order valence-electron chi connectivity index (χ4n) is 5.52. The van der Waals surface area contributed by atoms with Gasteiger partial charge in [-0.3, -0.25) is 4.79 Å². The van der Waals surface area contributed by atoms with Crippen LogP contribution in [0.15, 0.2) is 35.6 Å². The molecule has 0 aromatic rings. The molecule has 3 nitrogen and oxygen atoms in total. The summed E-state index contributed by atoms with van der Waals surface area (Å²) in [6, 6.07) is 0.116. The van der Waals surface area contributed by atoms with Crippen molar-refractivity contribution in [1.82, 2.24) is 5.32 Å². The van der Waals surface area contributed by atoms with Crippen molar-refractivity contribution in [2.45, 2.75) is 57.9 Å². The van der Waals surface area contributed by atoms with Crippen LogP contribution in [0.4, 0.5) is 0 Å². The normalized spacial score (nSPS) is 40.0. The minimum Gasteiger partial charge on any atom is -0.481 e. The lowest BCUT2D eigenvalue weighted by Gasteiger charge is -2.58. The Hall–Kier alpha value is -1.51. The Morgan fingerprint density at radius 3 is 3.00 bits per heavy atom. The van der Waals surface area contributed by atoms with Gasteiger partial charge in [0.15, 0.2) is 0 Å². The number of hydrogen-bond acceptors (Lipinski definition) is 2. The molecule has 3 fully saturated rings. The van der Waals surface area contributed by atoms with Crippen LogP contribution in [0.3, 0.4) is 0 Å². The highest BCUT2D eigenvalue weighted by molar-refractivity contribution is 5.76. The highest BCUT2D eigenvalue weighted by Gasteiger charge is 2.59. The summed E-state index contributed by atoms with van der Waals surface area (Å²) in [6.07, 6.45) is 16.1. The molecule has 5 rings (SSSR count). The molecule has 5 aliphatic rings. The van der Waals surface area contributed by atoms with Crippen LogP contribution in [0.5, 0.6) is 0 Å². The van der Waals surface area contributed by atoms with Gasteiger partial charge in [0.1, 0.15) is 0 Å². The molecule has 2 aliphatic heterocycles. The van der Waals surface area contributed by atoms with Gasteiger partial charge in [-0.05, 0) is 49.2 Å². The van der Waals surface area contributed by atoms with Crippen molar-refractivity contribution in [2.75, 3.05) is 0 Å². The van der Waals surface area contributed by atoms with Crippen LogP contribution in [0, 0.1) is 23.2 Å². The number of rotatable bonds is 5. The van der Waals surface area contributed by atoms with Crippen LogP contribution in [-0.4, -0.2) is 17.1 Å². The number of fused-ring (bicyclic) bond motifs is 2. The standard InChI is InChI=1S/C20H27NO2/c1-2-3-6-9-20(19(22)23)12-16-15-11-18(20)21-17(16)10-13-7-4-5-8-14(13)15/h4-5,7,10,14-16,18,21H,2-3,6,8-9,11-12H2,1H3,(H,22,23). The molecule has 0 aromatic carbocycles. The molecule has 23 heavy (non-hydrogen) atoms. The number of allylic oxidation sites excluding steroid dienone is 6. The second-order valence-electron chi connectivity index (χ2n) is 7.86. The summed E-state index contributed by atoms with van der Waals surface area (Å²) in [5, 5.41) is 13.7. The maximum atomic E-state index is 12.2. The van der Waals surface area contributed by atoms with Gasteiger partial charge in [-0.25, -0.2) is 0 Å². The van der Waals surface area contributed by atoms with Gasteiger partial charge in [0, 0.05) is 17.7 Å². The maximum Gasteiger partial charge on any atom is 0.311 e. The molecule has 0 aromatic heterocycles. The van der Waals surface area contributed by atoms with Crippen molar-refractivity contribution in [3.05, 3.63) is 35.6 Å². The van der Waals surface area contributed by atoms with Gasteiger partial charge in [0.05, 0.1) is 5.41 Å². The van der Waals surface area contributed by atoms with Crippen molar-refractivity contribution in [3.63, 3.8) is 0 Å². The SMILES string of the molecule is CCCCCC1(C(=O)O)CC2C3=CC4=CC=CCC4C2CC1N3. The Balaban J connectivity index is 1.63. The molecular formula is C20H27NO2. The summed E-state index contributed by atoms with van der Waals surface area (Å²) in [6.45, 7) is 2.18. The third-order valence-electron chi connectivity index (χ3n) is 6.75. The van der Waals surface area contributed by atoms with E-state index in [1.54, 1.807) is 0 Å². The Labute approximate surface area is 138 Å². The van der Waals surface area contributed by atoms with E-state index in [0.29, 0.717) is 17.8 Å². The zero-order valence-electron chi connectivity index (χ0n) is 13.9. The average molecular weight is 313 g/mol. The number of aliphatic carboxylic acids is 1. The summed E-state index contributed by atoms with van der Waals surface area (Å²) in [5.41, 5.74) is 2.22. The van der Waals surface area contributed by atoms with E-state index in [4.69, 9.17) is 0 Å². The zero-order valence-corrected chi connectivity index (χ0v) is 13.9. The van der Waals surface area contributed by atoms with Crippen LogP contribution < -0.4 is 5.32 Å². The maximum absolute atomic E-state index is 12.2. The minimum absolute atomic E-state index is 0.116. The molecular weight excluding hydrogens is 286 g/mol. The molecule has 3 heteroatoms. The van der Waals surface area contributed by atoms with Crippen molar-refractivity contribution >= 4 is 5.97 Å². The first-order chi connectivity index (χ1) is 11.2. The molecule has 5 atom stereocenters. The van der Waals surface area contributed by atoms with Crippen LogP contribution in [-0.2, 0) is 4.79 Å². The third kappa shape index (κ3) is 2.20. The van der Waals surface area contributed by atoms with E-state index in [-0.39, 0.29) is 6.04 Å². The summed E-state index contributed by atoms with van der Waals surface area (Å²) >= 11 is 0. The Kier molecular flexibility index (Phi) is 3.62. The van der Waals surface area contributed by atoms with Crippen molar-refractivity contribution in [2.24, 2.45) is 23.2 Å². The quantitative estimate of drug-likeness (QED) is 0.753. The Morgan fingerprint density at radius 1 is 1.39 bits per heavy atom. The first kappa shape index (κ1) is 15.0. The van der Waals surface area contributed by atoms with Gasteiger partial charge in [-0.15, -0.1) is 0 Å². The fraction of sp³-hybridized carbons (Fsp3) is 0.650. The van der Waals surface area contributed by atoms with Gasteiger partial charge in [0.2, 0.25) is 0 Å². The lowest BCUT2D eigenvalue weighted by atomic mass is 9.51. The van der Waals surface area contributed by atoms with E-state index in [1.165, 1.54) is 11.3 Å². The van der Waals surface area contributed by atoms with E-state index < -0.39 is 11.4 Å². The van der Waals surface area contributed by atoms with Gasteiger partial charge in [-0.2, -0.15) is 0 Å². The van der Waals surface area contributed by atoms with Crippen LogP contribution in [0.2, 0.25) is 0 Å². The molecule has 5 unspecified atom stereocenters. The van der Waals surface area contributed by atoms with Gasteiger partial charge < -0.3 is 10.4 Å². The number of carbonyl (C=O) groups is 1. The molecule has 0 radical (unpaired) electrons. The summed E-state index contributed by atoms with van der Waals surface area (Å²) in [4.78, 5) is 12.2. The van der Waals surface area contributed by atoms with Gasteiger partial charge >= 0.3 is 5.97 Å². The smallest absolute Gasteiger partial charge is 0.311 e. The first-order valence-corrected chi connectivity index (χ1v) is 9.24. The van der Waals surface area contributed by atoms with Crippen molar-refractivity contribution < 1.29 is 9.90 Å². The monoisotopic (exact) mass is 313 g/mol. The molecule has 1 saturated carbocycles. The average Bonchev–Trinajstić information content (AvgIpc) is 2.55. The predicted octanol–water partition coefficient (Wildman–Crippen LogP) is 4.04. The van der Waals surface area contributed by atoms with Crippen LogP contribution in [0.1, 0.15) is 51.9 Å². The minimum atomic E-state index is -0.575. The zero-order chi connectivity index (χ0) is 16.0. The number of hydrogen-bond donors (Lipinski definition) is 2. The number of carboxylic acids is 1. The molecule has 0 spiro atoms. The van der Waals surface area contributed by atoms with E-state index in [9.17, 15) is 9.90 Å². The Morgan fingerprint density at radius 2 is 2.26 bits per heavy atom. The second kappa shape index (κ2) is 5.54. The molecule has 4 bridgehead atoms. The van der Waals surface area contributed by atoms with Crippen LogP contribution in [0.25, 0.3) is 0 Å². The molecule has 124 valence electrons. The van der Waals surface area contributed by atoms with E-state index in [1.807, 2.05) is 0 Å². The number of piperidine rings is 2. The van der Waals surface area contributed by atoms with E-state index >= 15 is 0 Å². The fourth-order valence-corrected chi connectivity index (χ4v) is 5.52. The van der Waals surface area contributed by atoms with Crippen LogP contribution >= 0.6 is 0 Å². The number of unbranched alkanes of at least 4 members (excludes halogenated alkanes) is 2. The lowest BCUT2D eigenvalue weighted by Crippen LogP contribution is -2.63. The highest BCUT2D eigenvalue weighted by Crippen LogP contribution is 2.58. The first-order valence-electron chi connectivity index (χ1n) is 9.24. The number of nitrogens with one attached hydrogen (secondary N) is 1. The molecule has 0 amide bonds. The molecule has 2 N–H and O–H groups in total. The molecule has 2 saturated heterocycles. The summed E-state index contributed by atoms with van der Waals surface area (Å²) in [7, 11) is 0. The van der Waals surface area contributed by atoms with Gasteiger partial charge in [-0.1, -0.05) is 44.4 Å². The summed E-state index contributed by atoms with van der Waals surface area (Å²) < 4.78 is 0. The topological polar surface area (TPSA) is 49.3 Å². The lowest BCUT2D eigenvalue weighted by molar-refractivity contribution is -0.159. The van der Waals surface area contributed by atoms with Gasteiger partial charge in [0.25, 0.3) is 0 Å².